The summed E-state index contributed by atoms with van der Waals surface area (Å²) in [4.78, 5) is 10.2. The molecule has 0 radical (unpaired) electrons. The van der Waals surface area contributed by atoms with Crippen LogP contribution < -0.4 is 5.32 Å². The molecule has 1 aromatic carbocycles. The van der Waals surface area contributed by atoms with Crippen LogP contribution in [0, 0.1) is 13.8 Å². The molecule has 0 atom stereocenters. The predicted octanol–water partition coefficient (Wildman–Crippen LogP) is 2.63. The third kappa shape index (κ3) is 1.85. The van der Waals surface area contributed by atoms with Crippen LogP contribution in [0.1, 0.15) is 11.1 Å². The van der Waals surface area contributed by atoms with Gasteiger partial charge in [0.25, 0.3) is 0 Å². The summed E-state index contributed by atoms with van der Waals surface area (Å²) in [5.74, 6) is 0. The standard InChI is InChI=1S/C9H10BrNO/c1-6-3-8(10)4-7(2)9(6)11-5-12/h3-5H,1-2H3,(H,11,12). The molecule has 0 aliphatic heterocycles. The van der Waals surface area contributed by atoms with Gasteiger partial charge in [-0.1, -0.05) is 15.9 Å². The van der Waals surface area contributed by atoms with Gasteiger partial charge < -0.3 is 5.32 Å². The average Bonchev–Trinajstić information content (AvgIpc) is 1.96. The number of hydrogen-bond donors (Lipinski definition) is 1. The Bertz CT molecular complexity index is 286. The Balaban J connectivity index is 3.18. The third-order valence-electron chi connectivity index (χ3n) is 1.70. The van der Waals surface area contributed by atoms with Gasteiger partial charge in [0.05, 0.1) is 0 Å². The molecule has 0 heterocycles. The lowest BCUT2D eigenvalue weighted by atomic mass is 10.1. The van der Waals surface area contributed by atoms with Crippen LogP contribution in [0.25, 0.3) is 0 Å². The zero-order valence-corrected chi connectivity index (χ0v) is 8.60. The van der Waals surface area contributed by atoms with Crippen molar-refractivity contribution < 1.29 is 4.79 Å². The van der Waals surface area contributed by atoms with Crippen molar-refractivity contribution in [2.45, 2.75) is 13.8 Å². The zero-order chi connectivity index (χ0) is 9.14. The molecule has 0 spiro atoms. The van der Waals surface area contributed by atoms with Crippen molar-refractivity contribution in [1.29, 1.82) is 0 Å². The highest BCUT2D eigenvalue weighted by molar-refractivity contribution is 9.10. The van der Waals surface area contributed by atoms with Crippen LogP contribution in [0.2, 0.25) is 0 Å². The fourth-order valence-corrected chi connectivity index (χ4v) is 1.88. The van der Waals surface area contributed by atoms with Crippen molar-refractivity contribution in [2.24, 2.45) is 0 Å². The Morgan fingerprint density at radius 1 is 1.33 bits per heavy atom. The highest BCUT2D eigenvalue weighted by atomic mass is 79.9. The molecule has 1 aromatic rings. The smallest absolute Gasteiger partial charge is 0.211 e. The molecule has 0 aliphatic rings. The van der Waals surface area contributed by atoms with E-state index in [0.29, 0.717) is 6.41 Å². The number of carbonyl (C=O) groups is 1. The van der Waals surface area contributed by atoms with Gasteiger partial charge >= 0.3 is 0 Å². The van der Waals surface area contributed by atoms with Crippen LogP contribution in [0.4, 0.5) is 5.69 Å². The van der Waals surface area contributed by atoms with Crippen molar-refractivity contribution in [3.63, 3.8) is 0 Å². The summed E-state index contributed by atoms with van der Waals surface area (Å²) in [5, 5.41) is 2.67. The van der Waals surface area contributed by atoms with Crippen molar-refractivity contribution in [1.82, 2.24) is 0 Å². The molecule has 64 valence electrons. The van der Waals surface area contributed by atoms with Gasteiger partial charge in [0, 0.05) is 10.2 Å². The maximum absolute atomic E-state index is 10.2. The van der Waals surface area contributed by atoms with Crippen molar-refractivity contribution in [2.75, 3.05) is 5.32 Å². The van der Waals surface area contributed by atoms with Gasteiger partial charge in [-0.15, -0.1) is 0 Å². The summed E-state index contributed by atoms with van der Waals surface area (Å²) < 4.78 is 1.04. The molecule has 0 saturated carbocycles. The fourth-order valence-electron chi connectivity index (χ4n) is 1.20. The van der Waals surface area contributed by atoms with E-state index >= 15 is 0 Å². The molecule has 0 aliphatic carbocycles. The maximum atomic E-state index is 10.2. The molecule has 0 unspecified atom stereocenters. The van der Waals surface area contributed by atoms with Crippen LogP contribution >= 0.6 is 15.9 Å². The molecule has 2 nitrogen and oxygen atoms in total. The van der Waals surface area contributed by atoms with Gasteiger partial charge in [-0.05, 0) is 37.1 Å². The van der Waals surface area contributed by atoms with Gasteiger partial charge in [-0.25, -0.2) is 0 Å². The number of rotatable bonds is 2. The zero-order valence-electron chi connectivity index (χ0n) is 7.02. The van der Waals surface area contributed by atoms with Gasteiger partial charge in [-0.3, -0.25) is 4.79 Å². The minimum Gasteiger partial charge on any atom is -0.328 e. The lowest BCUT2D eigenvalue weighted by Crippen LogP contribution is -1.98. The minimum absolute atomic E-state index is 0.698. The molecule has 1 rings (SSSR count). The summed E-state index contributed by atoms with van der Waals surface area (Å²) in [7, 11) is 0. The molecular weight excluding hydrogens is 218 g/mol. The van der Waals surface area contributed by atoms with E-state index in [1.165, 1.54) is 0 Å². The summed E-state index contributed by atoms with van der Waals surface area (Å²) in [6, 6.07) is 3.94. The number of amides is 1. The molecule has 0 saturated heterocycles. The van der Waals surface area contributed by atoms with Crippen LogP contribution in [-0.2, 0) is 4.79 Å². The van der Waals surface area contributed by atoms with Gasteiger partial charge in [-0.2, -0.15) is 0 Å². The predicted molar refractivity (Wildman–Crippen MR) is 53.3 cm³/mol. The first-order valence-corrected chi connectivity index (χ1v) is 4.41. The molecule has 1 N–H and O–H groups in total. The highest BCUT2D eigenvalue weighted by Crippen LogP contribution is 2.24. The number of hydrogen-bond acceptors (Lipinski definition) is 1. The Hall–Kier alpha value is -0.830. The first-order valence-electron chi connectivity index (χ1n) is 3.62. The molecular formula is C9H10BrNO. The summed E-state index contributed by atoms with van der Waals surface area (Å²) in [6.07, 6.45) is 0.698. The van der Waals surface area contributed by atoms with Crippen molar-refractivity contribution in [3.05, 3.63) is 27.7 Å². The van der Waals surface area contributed by atoms with E-state index in [9.17, 15) is 4.79 Å². The van der Waals surface area contributed by atoms with Crippen LogP contribution in [0.15, 0.2) is 16.6 Å². The number of anilines is 1. The van der Waals surface area contributed by atoms with Crippen molar-refractivity contribution >= 4 is 28.0 Å². The summed E-state index contributed by atoms with van der Waals surface area (Å²) >= 11 is 3.38. The minimum atomic E-state index is 0.698. The Morgan fingerprint density at radius 3 is 2.25 bits per heavy atom. The van der Waals surface area contributed by atoms with Gasteiger partial charge in [0.2, 0.25) is 6.41 Å². The second-order valence-electron chi connectivity index (χ2n) is 2.68. The van der Waals surface area contributed by atoms with E-state index in [2.05, 4.69) is 21.2 Å². The van der Waals surface area contributed by atoms with E-state index < -0.39 is 0 Å². The highest BCUT2D eigenvalue weighted by Gasteiger charge is 2.01. The number of halogens is 1. The largest absolute Gasteiger partial charge is 0.328 e. The lowest BCUT2D eigenvalue weighted by molar-refractivity contribution is -0.105. The SMILES string of the molecule is Cc1cc(Br)cc(C)c1NC=O. The van der Waals surface area contributed by atoms with Crippen LogP contribution in [0.3, 0.4) is 0 Å². The second kappa shape index (κ2) is 3.72. The first kappa shape index (κ1) is 9.26. The van der Waals surface area contributed by atoms with Crippen molar-refractivity contribution in [3.8, 4) is 0 Å². The number of benzene rings is 1. The van der Waals surface area contributed by atoms with Crippen LogP contribution in [0.5, 0.6) is 0 Å². The third-order valence-corrected chi connectivity index (χ3v) is 2.16. The van der Waals surface area contributed by atoms with E-state index in [1.807, 2.05) is 26.0 Å². The quantitative estimate of drug-likeness (QED) is 0.774. The summed E-state index contributed by atoms with van der Waals surface area (Å²) in [6.45, 7) is 3.92. The van der Waals surface area contributed by atoms with Gasteiger partial charge in [0.1, 0.15) is 0 Å². The number of nitrogens with one attached hydrogen (secondary N) is 1. The Morgan fingerprint density at radius 2 is 1.83 bits per heavy atom. The molecule has 0 fully saturated rings. The normalized spacial score (nSPS) is 9.58. The molecule has 0 bridgehead atoms. The first-order chi connectivity index (χ1) is 5.65. The average molecular weight is 228 g/mol. The number of aryl methyl sites for hydroxylation is 2. The topological polar surface area (TPSA) is 29.1 Å². The Labute approximate surface area is 80.1 Å². The maximum Gasteiger partial charge on any atom is 0.211 e. The molecule has 0 aromatic heterocycles. The lowest BCUT2D eigenvalue weighted by Gasteiger charge is -2.08. The van der Waals surface area contributed by atoms with Gasteiger partial charge in [0.15, 0.2) is 0 Å². The molecule has 1 amide bonds. The van der Waals surface area contributed by atoms with E-state index in [1.54, 1.807) is 0 Å². The van der Waals surface area contributed by atoms with E-state index in [4.69, 9.17) is 0 Å². The second-order valence-corrected chi connectivity index (χ2v) is 3.59. The fraction of sp³-hybridized carbons (Fsp3) is 0.222. The molecule has 3 heteroatoms. The monoisotopic (exact) mass is 227 g/mol. The molecule has 12 heavy (non-hydrogen) atoms. The van der Waals surface area contributed by atoms with E-state index in [-0.39, 0.29) is 0 Å². The van der Waals surface area contributed by atoms with E-state index in [0.717, 1.165) is 21.3 Å². The summed E-state index contributed by atoms with van der Waals surface area (Å²) in [5.41, 5.74) is 3.02. The number of carbonyl (C=O) groups excluding carboxylic acids is 1. The Kier molecular flexibility index (Phi) is 2.87. The van der Waals surface area contributed by atoms with Crippen LogP contribution in [-0.4, -0.2) is 6.41 Å².